The van der Waals surface area contributed by atoms with Gasteiger partial charge in [-0.2, -0.15) is 13.2 Å². The Morgan fingerprint density at radius 3 is 2.71 bits per heavy atom. The molecule has 1 aliphatic heterocycles. The van der Waals surface area contributed by atoms with Gasteiger partial charge in [0.15, 0.2) is 0 Å². The van der Waals surface area contributed by atoms with Gasteiger partial charge in [-0.1, -0.05) is 0 Å². The fraction of sp³-hybridized carbons (Fsp3) is 0.500. The van der Waals surface area contributed by atoms with Crippen molar-refractivity contribution < 1.29 is 27.5 Å². The molecule has 21 heavy (non-hydrogen) atoms. The van der Waals surface area contributed by atoms with Crippen LogP contribution < -0.4 is 0 Å². The quantitative estimate of drug-likeness (QED) is 0.872. The number of likely N-dealkylation sites (tertiary alicyclic amines) is 1. The number of carboxylic acids is 1. The van der Waals surface area contributed by atoms with E-state index in [0.717, 1.165) is 12.1 Å². The molecule has 1 aromatic carbocycles. The van der Waals surface area contributed by atoms with Crippen molar-refractivity contribution in [2.24, 2.45) is 5.92 Å². The van der Waals surface area contributed by atoms with Crippen LogP contribution in [0.4, 0.5) is 17.6 Å². The molecule has 2 rings (SSSR count). The molecule has 3 nitrogen and oxygen atoms in total. The van der Waals surface area contributed by atoms with E-state index in [2.05, 4.69) is 0 Å². The standard InChI is InChI=1S/C14H15F4NO2/c15-12-4-3-11(14(16,17)18)6-10(12)8-19-5-1-2-9(7-19)13(20)21/h3-4,6,9H,1-2,5,7-8H2,(H,20,21). The van der Waals surface area contributed by atoms with Crippen LogP contribution in [0.25, 0.3) is 0 Å². The van der Waals surface area contributed by atoms with E-state index in [0.29, 0.717) is 25.5 Å². The highest BCUT2D eigenvalue weighted by Crippen LogP contribution is 2.31. The van der Waals surface area contributed by atoms with Crippen molar-refractivity contribution in [1.82, 2.24) is 4.90 Å². The van der Waals surface area contributed by atoms with Crippen LogP contribution in [-0.2, 0) is 17.5 Å². The lowest BCUT2D eigenvalue weighted by molar-refractivity contribution is -0.143. The lowest BCUT2D eigenvalue weighted by Crippen LogP contribution is -2.38. The van der Waals surface area contributed by atoms with Crippen LogP contribution in [0.2, 0.25) is 0 Å². The van der Waals surface area contributed by atoms with Crippen LogP contribution in [-0.4, -0.2) is 29.1 Å². The number of piperidine rings is 1. The first kappa shape index (κ1) is 15.8. The van der Waals surface area contributed by atoms with E-state index in [1.54, 1.807) is 4.90 Å². The van der Waals surface area contributed by atoms with Gasteiger partial charge < -0.3 is 5.11 Å². The molecule has 0 saturated carbocycles. The third-order valence-electron chi connectivity index (χ3n) is 3.62. The van der Waals surface area contributed by atoms with Gasteiger partial charge in [0.05, 0.1) is 11.5 Å². The summed E-state index contributed by atoms with van der Waals surface area (Å²) in [5.41, 5.74) is -0.957. The van der Waals surface area contributed by atoms with Crippen LogP contribution in [0.5, 0.6) is 0 Å². The maximum atomic E-state index is 13.7. The SMILES string of the molecule is O=C(O)C1CCCN(Cc2cc(C(F)(F)F)ccc2F)C1. The van der Waals surface area contributed by atoms with Gasteiger partial charge in [-0.15, -0.1) is 0 Å². The van der Waals surface area contributed by atoms with E-state index < -0.39 is 29.4 Å². The van der Waals surface area contributed by atoms with E-state index in [4.69, 9.17) is 5.11 Å². The van der Waals surface area contributed by atoms with E-state index in [9.17, 15) is 22.4 Å². The molecule has 1 saturated heterocycles. The summed E-state index contributed by atoms with van der Waals surface area (Å²) in [4.78, 5) is 12.6. The van der Waals surface area contributed by atoms with Crippen LogP contribution in [0.1, 0.15) is 24.0 Å². The lowest BCUT2D eigenvalue weighted by atomic mass is 9.97. The van der Waals surface area contributed by atoms with Gasteiger partial charge in [0.25, 0.3) is 0 Å². The van der Waals surface area contributed by atoms with Crippen molar-refractivity contribution in [3.05, 3.63) is 35.1 Å². The average Bonchev–Trinajstić information content (AvgIpc) is 2.40. The molecule has 0 amide bonds. The fourth-order valence-corrected chi connectivity index (χ4v) is 2.51. The zero-order valence-corrected chi connectivity index (χ0v) is 11.2. The Balaban J connectivity index is 2.13. The number of halogens is 4. The summed E-state index contributed by atoms with van der Waals surface area (Å²) < 4.78 is 51.6. The number of carboxylic acid groups (broad SMARTS) is 1. The Hall–Kier alpha value is -1.63. The normalized spacial score (nSPS) is 20.5. The first-order valence-corrected chi connectivity index (χ1v) is 6.58. The van der Waals surface area contributed by atoms with Crippen molar-refractivity contribution >= 4 is 5.97 Å². The molecule has 0 bridgehead atoms. The number of hydrogen-bond acceptors (Lipinski definition) is 2. The minimum absolute atomic E-state index is 0.0144. The molecule has 1 aromatic rings. The molecule has 1 heterocycles. The topological polar surface area (TPSA) is 40.5 Å². The fourth-order valence-electron chi connectivity index (χ4n) is 2.51. The van der Waals surface area contributed by atoms with Gasteiger partial charge in [0.2, 0.25) is 0 Å². The first-order chi connectivity index (χ1) is 9.77. The number of benzene rings is 1. The number of hydrogen-bond donors (Lipinski definition) is 1. The van der Waals surface area contributed by atoms with Gasteiger partial charge >= 0.3 is 12.1 Å². The molecule has 0 radical (unpaired) electrons. The van der Waals surface area contributed by atoms with Gasteiger partial charge in [-0.05, 0) is 37.6 Å². The number of aliphatic carboxylic acids is 1. The Morgan fingerprint density at radius 1 is 1.38 bits per heavy atom. The molecule has 116 valence electrons. The van der Waals surface area contributed by atoms with Gasteiger partial charge in [-0.3, -0.25) is 9.69 Å². The summed E-state index contributed by atoms with van der Waals surface area (Å²) >= 11 is 0. The molecule has 0 aromatic heterocycles. The largest absolute Gasteiger partial charge is 0.481 e. The molecule has 1 fully saturated rings. The molecular weight excluding hydrogens is 290 g/mol. The summed E-state index contributed by atoms with van der Waals surface area (Å²) in [5, 5.41) is 8.98. The third-order valence-corrected chi connectivity index (χ3v) is 3.62. The predicted octanol–water partition coefficient (Wildman–Crippen LogP) is 3.14. The summed E-state index contributed by atoms with van der Waals surface area (Å²) in [7, 11) is 0. The van der Waals surface area contributed by atoms with Crippen molar-refractivity contribution in [3.63, 3.8) is 0 Å². The van der Waals surface area contributed by atoms with Gasteiger partial charge in [0, 0.05) is 18.7 Å². The van der Waals surface area contributed by atoms with Gasteiger partial charge in [-0.25, -0.2) is 4.39 Å². The molecule has 1 atom stereocenters. The number of rotatable bonds is 3. The second-order valence-corrected chi connectivity index (χ2v) is 5.22. The summed E-state index contributed by atoms with van der Waals surface area (Å²) in [5.74, 6) is -2.18. The predicted molar refractivity (Wildman–Crippen MR) is 67.0 cm³/mol. The number of alkyl halides is 3. The second kappa shape index (κ2) is 6.01. The summed E-state index contributed by atoms with van der Waals surface area (Å²) in [6.07, 6.45) is -3.34. The molecule has 0 aliphatic carbocycles. The molecule has 1 N–H and O–H groups in total. The van der Waals surface area contributed by atoms with Crippen LogP contribution in [0, 0.1) is 11.7 Å². The monoisotopic (exact) mass is 305 g/mol. The maximum absolute atomic E-state index is 13.7. The zero-order chi connectivity index (χ0) is 15.6. The third kappa shape index (κ3) is 3.93. The molecule has 1 unspecified atom stereocenters. The highest BCUT2D eigenvalue weighted by molar-refractivity contribution is 5.70. The highest BCUT2D eigenvalue weighted by atomic mass is 19.4. The summed E-state index contributed by atoms with van der Waals surface area (Å²) in [6.45, 7) is 0.768. The number of nitrogens with zero attached hydrogens (tertiary/aromatic N) is 1. The van der Waals surface area contributed by atoms with Crippen LogP contribution in [0.15, 0.2) is 18.2 Å². The Kier molecular flexibility index (Phi) is 4.51. The van der Waals surface area contributed by atoms with Gasteiger partial charge in [0.1, 0.15) is 5.82 Å². The first-order valence-electron chi connectivity index (χ1n) is 6.58. The van der Waals surface area contributed by atoms with Crippen molar-refractivity contribution in [2.45, 2.75) is 25.6 Å². The van der Waals surface area contributed by atoms with E-state index in [1.807, 2.05) is 0 Å². The highest BCUT2D eigenvalue weighted by Gasteiger charge is 2.32. The van der Waals surface area contributed by atoms with E-state index in [-0.39, 0.29) is 18.7 Å². The lowest BCUT2D eigenvalue weighted by Gasteiger charge is -2.30. The Morgan fingerprint density at radius 2 is 2.10 bits per heavy atom. The van der Waals surface area contributed by atoms with Crippen molar-refractivity contribution in [2.75, 3.05) is 13.1 Å². The van der Waals surface area contributed by atoms with Crippen molar-refractivity contribution in [1.29, 1.82) is 0 Å². The smallest absolute Gasteiger partial charge is 0.416 e. The summed E-state index contributed by atoms with van der Waals surface area (Å²) in [6, 6.07) is 2.30. The maximum Gasteiger partial charge on any atom is 0.416 e. The molecular formula is C14H15F4NO2. The van der Waals surface area contributed by atoms with Crippen LogP contribution >= 0.6 is 0 Å². The molecule has 0 spiro atoms. The molecule has 7 heteroatoms. The minimum atomic E-state index is -4.52. The number of carbonyl (C=O) groups is 1. The van der Waals surface area contributed by atoms with E-state index >= 15 is 0 Å². The Labute approximate surface area is 119 Å². The Bertz CT molecular complexity index is 530. The zero-order valence-electron chi connectivity index (χ0n) is 11.2. The second-order valence-electron chi connectivity index (χ2n) is 5.22. The van der Waals surface area contributed by atoms with Crippen molar-refractivity contribution in [3.8, 4) is 0 Å². The van der Waals surface area contributed by atoms with E-state index in [1.165, 1.54) is 0 Å². The molecule has 1 aliphatic rings. The average molecular weight is 305 g/mol. The van der Waals surface area contributed by atoms with Crippen LogP contribution in [0.3, 0.4) is 0 Å². The minimum Gasteiger partial charge on any atom is -0.481 e.